The van der Waals surface area contributed by atoms with Gasteiger partial charge in [-0.25, -0.2) is 4.79 Å². The van der Waals surface area contributed by atoms with E-state index in [1.54, 1.807) is 0 Å². The van der Waals surface area contributed by atoms with Gasteiger partial charge in [0.05, 0.1) is 43.6 Å². The molecule has 4 atom stereocenters. The summed E-state index contributed by atoms with van der Waals surface area (Å²) in [5.74, 6) is -0.358. The summed E-state index contributed by atoms with van der Waals surface area (Å²) in [7, 11) is 0. The van der Waals surface area contributed by atoms with Gasteiger partial charge in [0.1, 0.15) is 0 Å². The summed E-state index contributed by atoms with van der Waals surface area (Å²) in [4.78, 5) is 26.9. The number of nitrogens with zero attached hydrogens (tertiary/aromatic N) is 1. The van der Waals surface area contributed by atoms with Crippen molar-refractivity contribution < 1.29 is 14.6 Å². The lowest BCUT2D eigenvalue weighted by atomic mass is 10.0. The minimum Gasteiger partial charge on any atom is -0.390 e. The fourth-order valence-corrected chi connectivity index (χ4v) is 4.47. The second-order valence-electron chi connectivity index (χ2n) is 8.34. The van der Waals surface area contributed by atoms with Gasteiger partial charge in [-0.2, -0.15) is 0 Å². The van der Waals surface area contributed by atoms with Gasteiger partial charge in [0.15, 0.2) is 0 Å². The standard InChI is InChI=1S/C26H27ClN2O5/c27-12-11-20-14-29(26(32)28-25(20)31)22-13-23(34-16-19-9-5-2-6-10-19)21(24(22)30)17-33-15-18-7-3-1-4-8-18/h1-12,14,21-24,30H,13,15-17H2,(H,28,31,32)/b12-11+/t21-,22+,23+,24+/m1/s1. The number of hydrogen-bond donors (Lipinski definition) is 2. The van der Waals surface area contributed by atoms with Gasteiger partial charge in [0.2, 0.25) is 0 Å². The molecule has 0 radical (unpaired) electrons. The predicted octanol–water partition coefficient (Wildman–Crippen LogP) is 3.47. The summed E-state index contributed by atoms with van der Waals surface area (Å²) in [5.41, 5.74) is 2.35. The van der Waals surface area contributed by atoms with Crippen molar-refractivity contribution in [3.05, 3.63) is 110 Å². The summed E-state index contributed by atoms with van der Waals surface area (Å²) >= 11 is 5.64. The van der Waals surface area contributed by atoms with Gasteiger partial charge in [0.25, 0.3) is 5.56 Å². The molecule has 1 heterocycles. The van der Waals surface area contributed by atoms with Crippen LogP contribution in [0.3, 0.4) is 0 Å². The van der Waals surface area contributed by atoms with E-state index in [-0.39, 0.29) is 24.2 Å². The Morgan fingerprint density at radius 2 is 1.68 bits per heavy atom. The van der Waals surface area contributed by atoms with Crippen molar-refractivity contribution in [2.24, 2.45) is 5.92 Å². The first-order chi connectivity index (χ1) is 16.6. The van der Waals surface area contributed by atoms with Crippen LogP contribution in [0.1, 0.15) is 29.2 Å². The SMILES string of the molecule is O=c1[nH]c(=O)n([C@H]2C[C@H](OCc3ccccc3)[C@@H](COCc3ccccc3)[C@@H]2O)cc1/C=C/Cl. The number of halogens is 1. The molecule has 2 N–H and O–H groups in total. The van der Waals surface area contributed by atoms with Gasteiger partial charge in [-0.15, -0.1) is 0 Å². The number of aromatic nitrogens is 2. The summed E-state index contributed by atoms with van der Waals surface area (Å²) in [6.07, 6.45) is 1.97. The third kappa shape index (κ3) is 5.74. The molecule has 4 rings (SSSR count). The van der Waals surface area contributed by atoms with Crippen LogP contribution in [0.4, 0.5) is 0 Å². The molecule has 0 unspecified atom stereocenters. The number of rotatable bonds is 9. The van der Waals surface area contributed by atoms with Crippen LogP contribution in [0.2, 0.25) is 0 Å². The highest BCUT2D eigenvalue weighted by atomic mass is 35.5. The molecule has 1 aliphatic carbocycles. The van der Waals surface area contributed by atoms with E-state index >= 15 is 0 Å². The first kappa shape index (κ1) is 24.2. The maximum Gasteiger partial charge on any atom is 0.328 e. The zero-order chi connectivity index (χ0) is 23.9. The smallest absolute Gasteiger partial charge is 0.328 e. The van der Waals surface area contributed by atoms with Crippen LogP contribution in [0.15, 0.2) is 82.0 Å². The van der Waals surface area contributed by atoms with Gasteiger partial charge in [-0.1, -0.05) is 72.3 Å². The molecular formula is C26H27ClN2O5. The Labute approximate surface area is 202 Å². The van der Waals surface area contributed by atoms with Crippen LogP contribution in [-0.2, 0) is 22.7 Å². The van der Waals surface area contributed by atoms with E-state index in [0.717, 1.165) is 11.1 Å². The Morgan fingerprint density at radius 1 is 1.03 bits per heavy atom. The van der Waals surface area contributed by atoms with Crippen molar-refractivity contribution in [1.82, 2.24) is 9.55 Å². The Balaban J connectivity index is 1.54. The lowest BCUT2D eigenvalue weighted by Crippen LogP contribution is -2.37. The summed E-state index contributed by atoms with van der Waals surface area (Å²) in [6, 6.07) is 19.0. The molecule has 1 aliphatic rings. The molecule has 178 valence electrons. The van der Waals surface area contributed by atoms with Crippen molar-refractivity contribution >= 4 is 17.7 Å². The maximum absolute atomic E-state index is 12.6. The van der Waals surface area contributed by atoms with Gasteiger partial charge in [-0.3, -0.25) is 14.3 Å². The maximum atomic E-state index is 12.6. The van der Waals surface area contributed by atoms with E-state index in [2.05, 4.69) is 4.98 Å². The number of hydrogen-bond acceptors (Lipinski definition) is 5. The Hall–Kier alpha value is -2.97. The lowest BCUT2D eigenvalue weighted by molar-refractivity contribution is -0.0476. The second-order valence-corrected chi connectivity index (χ2v) is 8.59. The van der Waals surface area contributed by atoms with Crippen LogP contribution >= 0.6 is 11.6 Å². The van der Waals surface area contributed by atoms with Gasteiger partial charge < -0.3 is 14.6 Å². The van der Waals surface area contributed by atoms with Crippen molar-refractivity contribution in [3.63, 3.8) is 0 Å². The molecule has 34 heavy (non-hydrogen) atoms. The van der Waals surface area contributed by atoms with Crippen LogP contribution in [0.5, 0.6) is 0 Å². The van der Waals surface area contributed by atoms with Crippen molar-refractivity contribution in [3.8, 4) is 0 Å². The highest BCUT2D eigenvalue weighted by Gasteiger charge is 2.44. The van der Waals surface area contributed by atoms with Gasteiger partial charge in [0, 0.05) is 17.6 Å². The second kappa shape index (κ2) is 11.4. The molecule has 1 saturated carbocycles. The van der Waals surface area contributed by atoms with Crippen LogP contribution in [0, 0.1) is 5.92 Å². The molecule has 0 spiro atoms. The van der Waals surface area contributed by atoms with E-state index in [1.165, 1.54) is 22.4 Å². The largest absolute Gasteiger partial charge is 0.390 e. The molecule has 0 bridgehead atoms. The number of ether oxygens (including phenoxy) is 2. The molecule has 1 fully saturated rings. The van der Waals surface area contributed by atoms with E-state index in [4.69, 9.17) is 21.1 Å². The minimum atomic E-state index is -0.909. The van der Waals surface area contributed by atoms with Crippen molar-refractivity contribution in [1.29, 1.82) is 0 Å². The molecule has 0 saturated heterocycles. The first-order valence-corrected chi connectivity index (χ1v) is 11.6. The van der Waals surface area contributed by atoms with Crippen LogP contribution < -0.4 is 11.2 Å². The highest BCUT2D eigenvalue weighted by Crippen LogP contribution is 2.37. The quantitative estimate of drug-likeness (QED) is 0.487. The zero-order valence-electron chi connectivity index (χ0n) is 18.5. The molecule has 7 nitrogen and oxygen atoms in total. The summed E-state index contributed by atoms with van der Waals surface area (Å²) in [6.45, 7) is 1.04. The number of aliphatic hydroxyl groups is 1. The molecule has 0 aliphatic heterocycles. The molecule has 0 amide bonds. The average molecular weight is 483 g/mol. The molecule has 8 heteroatoms. The number of benzene rings is 2. The zero-order valence-corrected chi connectivity index (χ0v) is 19.3. The average Bonchev–Trinajstić information content (AvgIpc) is 3.16. The summed E-state index contributed by atoms with van der Waals surface area (Å²) < 4.78 is 13.5. The fourth-order valence-electron chi connectivity index (χ4n) is 4.33. The Morgan fingerprint density at radius 3 is 2.32 bits per heavy atom. The lowest BCUT2D eigenvalue weighted by Gasteiger charge is -2.23. The number of aliphatic hydroxyl groups excluding tert-OH is 1. The first-order valence-electron chi connectivity index (χ1n) is 11.1. The molecular weight excluding hydrogens is 456 g/mol. The van der Waals surface area contributed by atoms with Gasteiger partial charge in [-0.05, 0) is 23.6 Å². The number of H-pyrrole nitrogens is 1. The normalized spacial score (nSPS) is 22.4. The number of aromatic amines is 1. The molecule has 2 aromatic carbocycles. The van der Waals surface area contributed by atoms with Crippen LogP contribution in [0.25, 0.3) is 6.08 Å². The third-order valence-electron chi connectivity index (χ3n) is 6.11. The Bertz CT molecular complexity index is 1210. The number of nitrogens with one attached hydrogen (secondary N) is 1. The fraction of sp³-hybridized carbons (Fsp3) is 0.308. The topological polar surface area (TPSA) is 93.6 Å². The van der Waals surface area contributed by atoms with E-state index in [1.807, 2.05) is 60.7 Å². The van der Waals surface area contributed by atoms with Crippen molar-refractivity contribution in [2.45, 2.75) is 37.9 Å². The predicted molar refractivity (Wildman–Crippen MR) is 130 cm³/mol. The highest BCUT2D eigenvalue weighted by molar-refractivity contribution is 6.27. The third-order valence-corrected chi connectivity index (χ3v) is 6.23. The summed E-state index contributed by atoms with van der Waals surface area (Å²) in [5, 5.41) is 11.2. The monoisotopic (exact) mass is 482 g/mol. The van der Waals surface area contributed by atoms with E-state index in [0.29, 0.717) is 19.6 Å². The molecule has 1 aromatic heterocycles. The van der Waals surface area contributed by atoms with E-state index < -0.39 is 23.4 Å². The van der Waals surface area contributed by atoms with E-state index in [9.17, 15) is 14.7 Å². The Kier molecular flexibility index (Phi) is 8.13. The molecule has 3 aromatic rings. The van der Waals surface area contributed by atoms with Gasteiger partial charge >= 0.3 is 5.69 Å². The van der Waals surface area contributed by atoms with Crippen LogP contribution in [-0.4, -0.2) is 33.5 Å². The minimum absolute atomic E-state index is 0.229. The van der Waals surface area contributed by atoms with Crippen molar-refractivity contribution in [2.75, 3.05) is 6.61 Å².